The van der Waals surface area contributed by atoms with Crippen LogP contribution in [0.25, 0.3) is 0 Å². The van der Waals surface area contributed by atoms with Crippen LogP contribution in [0.3, 0.4) is 0 Å². The van der Waals surface area contributed by atoms with Gasteiger partial charge in [-0.15, -0.1) is 4.91 Å². The highest BCUT2D eigenvalue weighted by molar-refractivity contribution is 14.1. The molecule has 9 unspecified atom stereocenters. The van der Waals surface area contributed by atoms with Crippen LogP contribution < -0.4 is 16.0 Å². The van der Waals surface area contributed by atoms with E-state index < -0.39 is 24.7 Å². The molecular weight excluding hydrogens is 601 g/mol. The minimum atomic E-state index is -1.46. The zero-order chi connectivity index (χ0) is 26.0. The molecule has 0 radical (unpaired) electrons. The van der Waals surface area contributed by atoms with Crippen molar-refractivity contribution in [2.45, 2.75) is 79.5 Å². The number of rotatable bonds is 12. The van der Waals surface area contributed by atoms with Crippen LogP contribution >= 0.6 is 34.4 Å². The van der Waals surface area contributed by atoms with Gasteiger partial charge in [-0.05, 0) is 37.3 Å². The van der Waals surface area contributed by atoms with Gasteiger partial charge in [-0.25, -0.2) is 0 Å². The number of nitroso groups, excluding NO2 is 1. The van der Waals surface area contributed by atoms with Gasteiger partial charge in [-0.2, -0.15) is 11.8 Å². The predicted octanol–water partition coefficient (Wildman–Crippen LogP) is -0.929. The van der Waals surface area contributed by atoms with E-state index in [9.17, 15) is 25.0 Å². The van der Waals surface area contributed by atoms with Crippen molar-refractivity contribution in [1.29, 1.82) is 5.41 Å². The Balaban J connectivity index is 1.45. The summed E-state index contributed by atoms with van der Waals surface area (Å²) >= 11 is 4.02. The molecule has 36 heavy (non-hydrogen) atoms. The molecule has 0 aromatic rings. The number of carbonyl (C=O) groups is 1. The maximum atomic E-state index is 12.9. The van der Waals surface area contributed by atoms with Gasteiger partial charge in [0, 0.05) is 52.6 Å². The van der Waals surface area contributed by atoms with Gasteiger partial charge in [0.15, 0.2) is 0 Å². The number of nitrogens with one attached hydrogen (secondary N) is 4. The van der Waals surface area contributed by atoms with Crippen LogP contribution in [0, 0.1) is 22.2 Å². The van der Waals surface area contributed by atoms with Crippen LogP contribution in [0.1, 0.15) is 26.2 Å². The van der Waals surface area contributed by atoms with Crippen molar-refractivity contribution in [2.24, 2.45) is 17.0 Å². The number of alkyl halides is 1. The van der Waals surface area contributed by atoms with Crippen molar-refractivity contribution in [1.82, 2.24) is 25.8 Å². The molecule has 0 bridgehead atoms. The van der Waals surface area contributed by atoms with E-state index in [1.54, 1.807) is 11.8 Å². The summed E-state index contributed by atoms with van der Waals surface area (Å²) in [7, 11) is 0. The average molecular weight is 640 g/mol. The zero-order valence-electron chi connectivity index (χ0n) is 20.4. The zero-order valence-corrected chi connectivity index (χ0v) is 23.3. The molecule has 4 aliphatic rings. The van der Waals surface area contributed by atoms with Crippen LogP contribution in [0.2, 0.25) is 0 Å². The third-order valence-electron chi connectivity index (χ3n) is 8.12. The van der Waals surface area contributed by atoms with Gasteiger partial charge < -0.3 is 30.9 Å². The Bertz CT molecular complexity index is 796. The van der Waals surface area contributed by atoms with E-state index in [2.05, 4.69) is 43.7 Å². The smallest absolute Gasteiger partial charge is 0.239 e. The third kappa shape index (κ3) is 5.55. The van der Waals surface area contributed by atoms with Gasteiger partial charge in [-0.3, -0.25) is 20.4 Å². The van der Waals surface area contributed by atoms with Gasteiger partial charge in [0.25, 0.3) is 0 Å². The van der Waals surface area contributed by atoms with E-state index in [-0.39, 0.29) is 52.9 Å². The summed E-state index contributed by atoms with van der Waals surface area (Å²) < 4.78 is 0.767. The molecule has 0 aromatic heterocycles. The number of carbonyl (C=O) groups excluding carboxylic acids is 1. The Labute approximate surface area is 229 Å². The van der Waals surface area contributed by atoms with Crippen LogP contribution in [0.4, 0.5) is 0 Å². The molecule has 0 aromatic carbocycles. The van der Waals surface area contributed by atoms with Gasteiger partial charge in [0.2, 0.25) is 12.1 Å². The molecule has 12 nitrogen and oxygen atoms in total. The standard InChI is InChI=1S/C22H38IN7O5S/c1-11(27-15(31)9-25-10-24)16-17-13(7-23)19(18(20(32)28-35)30(17)22(16)34)36-12-6-14(26-8-12)21(33)29-4-2-3-5-29/h10-20,22,26-27,31-32,34H,2-9H2,1H3,(H2,24,25)/t11?,12-,13?,14?,15?,16+,17?,18?,19?,20?,22?/m0/s1. The molecule has 4 heterocycles. The highest BCUT2D eigenvalue weighted by atomic mass is 127. The normalized spacial score (nSPS) is 38.8. The molecule has 1 amide bonds. The molecule has 0 saturated carbocycles. The summed E-state index contributed by atoms with van der Waals surface area (Å²) in [5.74, 6) is 0.0336. The Morgan fingerprint density at radius 1 is 1.36 bits per heavy atom. The fourth-order valence-corrected chi connectivity index (χ4v) is 9.72. The molecule has 14 heteroatoms. The maximum absolute atomic E-state index is 12.9. The number of thioether (sulfide) groups is 1. The third-order valence-corrected chi connectivity index (χ3v) is 10.8. The Morgan fingerprint density at radius 3 is 2.72 bits per heavy atom. The number of halogens is 1. The lowest BCUT2D eigenvalue weighted by molar-refractivity contribution is -0.200. The summed E-state index contributed by atoms with van der Waals surface area (Å²) in [5.41, 5.74) is 0. The highest BCUT2D eigenvalue weighted by Crippen LogP contribution is 2.53. The lowest BCUT2D eigenvalue weighted by atomic mass is 9.77. The van der Waals surface area contributed by atoms with Crippen LogP contribution in [0.5, 0.6) is 0 Å². The lowest BCUT2D eigenvalue weighted by Gasteiger charge is -2.55. The number of fused-ring (bicyclic) bond motifs is 1. The van der Waals surface area contributed by atoms with Crippen molar-refractivity contribution in [2.75, 3.05) is 30.6 Å². The fourth-order valence-electron chi connectivity index (χ4n) is 6.47. The Morgan fingerprint density at radius 2 is 2.08 bits per heavy atom. The summed E-state index contributed by atoms with van der Waals surface area (Å²) in [6, 6.07) is -1.15. The van der Waals surface area contributed by atoms with Crippen LogP contribution in [0.15, 0.2) is 5.18 Å². The molecule has 7 N–H and O–H groups in total. The van der Waals surface area contributed by atoms with Gasteiger partial charge in [0.05, 0.1) is 25.0 Å². The lowest BCUT2D eigenvalue weighted by Crippen LogP contribution is -2.71. The minimum Gasteiger partial charge on any atom is -0.378 e. The monoisotopic (exact) mass is 639 g/mol. The minimum absolute atomic E-state index is 0.0832. The molecule has 0 aliphatic carbocycles. The number of aliphatic hydroxyl groups excluding tert-OH is 3. The van der Waals surface area contributed by atoms with E-state index in [1.807, 2.05) is 16.7 Å². The van der Waals surface area contributed by atoms with Gasteiger partial charge in [0.1, 0.15) is 12.5 Å². The average Bonchev–Trinajstić information content (AvgIpc) is 3.61. The highest BCUT2D eigenvalue weighted by Gasteiger charge is 2.65. The van der Waals surface area contributed by atoms with Crippen molar-refractivity contribution in [3.8, 4) is 0 Å². The number of nitrogens with zero attached hydrogens (tertiary/aromatic N) is 3. The fraction of sp³-hybridized carbons (Fsp3) is 0.909. The topological polar surface area (TPSA) is 174 Å². The van der Waals surface area contributed by atoms with Gasteiger partial charge in [-0.1, -0.05) is 22.6 Å². The van der Waals surface area contributed by atoms with Crippen molar-refractivity contribution < 1.29 is 20.1 Å². The summed E-state index contributed by atoms with van der Waals surface area (Å²) in [5, 5.41) is 51.1. The summed E-state index contributed by atoms with van der Waals surface area (Å²) in [6.07, 6.45) is 0.583. The number of hydrogen-bond acceptors (Lipinski definition) is 11. The van der Waals surface area contributed by atoms with Gasteiger partial charge >= 0.3 is 0 Å². The van der Waals surface area contributed by atoms with E-state index in [1.165, 1.54) is 0 Å². The van der Waals surface area contributed by atoms with Crippen molar-refractivity contribution >= 4 is 46.6 Å². The summed E-state index contributed by atoms with van der Waals surface area (Å²) in [4.78, 5) is 28.1. The first-order valence-electron chi connectivity index (χ1n) is 12.7. The second-order valence-corrected chi connectivity index (χ2v) is 12.6. The van der Waals surface area contributed by atoms with Crippen molar-refractivity contribution in [3.05, 3.63) is 4.91 Å². The largest absolute Gasteiger partial charge is 0.378 e. The Kier molecular flexibility index (Phi) is 9.85. The molecule has 204 valence electrons. The molecule has 4 fully saturated rings. The number of amides is 1. The quantitative estimate of drug-likeness (QED) is 0.0353. The molecule has 11 atom stereocenters. The second kappa shape index (κ2) is 12.5. The molecular formula is C22H38IN7O5S. The summed E-state index contributed by atoms with van der Waals surface area (Å²) in [6.45, 7) is 4.39. The maximum Gasteiger partial charge on any atom is 0.239 e. The SMILES string of the molecule is CC(NC(O)CNC=N)[C@H]1C(O)N2C(C(O)N=O)C(S[C@@H]3CNC(C(=O)N4CCCC4)C3)C(CI)C12. The number of likely N-dealkylation sites (tertiary alicyclic amines) is 1. The first kappa shape index (κ1) is 28.4. The van der Waals surface area contributed by atoms with E-state index in [0.717, 1.165) is 36.7 Å². The number of aliphatic hydroxyl groups is 3. The molecule has 4 rings (SSSR count). The first-order valence-corrected chi connectivity index (χ1v) is 15.1. The molecule has 0 spiro atoms. The van der Waals surface area contributed by atoms with Crippen molar-refractivity contribution in [3.63, 3.8) is 0 Å². The molecule has 4 aliphatic heterocycles. The first-order chi connectivity index (χ1) is 17.3. The number of hydrogen-bond donors (Lipinski definition) is 7. The van der Waals surface area contributed by atoms with E-state index >= 15 is 0 Å². The van der Waals surface area contributed by atoms with E-state index in [4.69, 9.17) is 5.41 Å². The Hall–Kier alpha value is -0.620. The van der Waals surface area contributed by atoms with Crippen LogP contribution in [-0.2, 0) is 4.79 Å². The second-order valence-electron chi connectivity index (χ2n) is 10.2. The predicted molar refractivity (Wildman–Crippen MR) is 146 cm³/mol. The molecule has 4 saturated heterocycles. The van der Waals surface area contributed by atoms with E-state index in [0.29, 0.717) is 13.0 Å². The van der Waals surface area contributed by atoms with Crippen LogP contribution in [-0.4, -0.2) is 121 Å².